The summed E-state index contributed by atoms with van der Waals surface area (Å²) >= 11 is 7.00. The highest BCUT2D eigenvalue weighted by Gasteiger charge is 2.13. The average Bonchev–Trinajstić information content (AvgIpc) is 2.94. The minimum absolute atomic E-state index is 0.293. The fourth-order valence-corrected chi connectivity index (χ4v) is 3.37. The van der Waals surface area contributed by atoms with Crippen molar-refractivity contribution in [2.75, 3.05) is 19.2 Å². The molecular formula is C15H13Br2NO3. The molecule has 0 spiro atoms. The van der Waals surface area contributed by atoms with E-state index in [1.165, 1.54) is 0 Å². The Bertz CT molecular complexity index is 676. The number of nitrogens with one attached hydrogen (secondary N) is 1. The van der Waals surface area contributed by atoms with Crippen molar-refractivity contribution < 1.29 is 14.2 Å². The highest BCUT2D eigenvalue weighted by atomic mass is 79.9. The van der Waals surface area contributed by atoms with Crippen LogP contribution < -0.4 is 19.5 Å². The lowest BCUT2D eigenvalue weighted by Gasteiger charge is -2.12. The number of hydrogen-bond acceptors (Lipinski definition) is 4. The Labute approximate surface area is 139 Å². The van der Waals surface area contributed by atoms with Crippen LogP contribution in [0, 0.1) is 0 Å². The maximum Gasteiger partial charge on any atom is 0.231 e. The molecule has 0 amide bonds. The highest BCUT2D eigenvalue weighted by molar-refractivity contribution is 9.11. The SMILES string of the molecule is COc1cc(NCc2ccc3c(c2)OCO3)c(Br)cc1Br. The van der Waals surface area contributed by atoms with Gasteiger partial charge < -0.3 is 19.5 Å². The van der Waals surface area contributed by atoms with Crippen LogP contribution in [0.5, 0.6) is 17.2 Å². The fraction of sp³-hybridized carbons (Fsp3) is 0.200. The molecule has 1 N–H and O–H groups in total. The van der Waals surface area contributed by atoms with Crippen molar-refractivity contribution in [2.45, 2.75) is 6.54 Å². The van der Waals surface area contributed by atoms with E-state index in [0.717, 1.165) is 37.4 Å². The number of hydrogen-bond donors (Lipinski definition) is 1. The van der Waals surface area contributed by atoms with Crippen LogP contribution in [0.3, 0.4) is 0 Å². The topological polar surface area (TPSA) is 39.7 Å². The first-order chi connectivity index (χ1) is 10.2. The first kappa shape index (κ1) is 14.5. The second-order valence-electron chi connectivity index (χ2n) is 4.51. The van der Waals surface area contributed by atoms with E-state index in [2.05, 4.69) is 37.2 Å². The molecule has 2 aromatic carbocycles. The van der Waals surface area contributed by atoms with E-state index in [-0.39, 0.29) is 0 Å². The van der Waals surface area contributed by atoms with E-state index in [9.17, 15) is 0 Å². The summed E-state index contributed by atoms with van der Waals surface area (Å²) in [6, 6.07) is 9.84. The van der Waals surface area contributed by atoms with Crippen LogP contribution in [0.15, 0.2) is 39.3 Å². The van der Waals surface area contributed by atoms with Crippen molar-refractivity contribution in [3.8, 4) is 17.2 Å². The highest BCUT2D eigenvalue weighted by Crippen LogP contribution is 2.36. The number of fused-ring (bicyclic) bond motifs is 1. The number of rotatable bonds is 4. The number of benzene rings is 2. The predicted molar refractivity (Wildman–Crippen MR) is 88.3 cm³/mol. The summed E-state index contributed by atoms with van der Waals surface area (Å²) in [5.74, 6) is 2.37. The summed E-state index contributed by atoms with van der Waals surface area (Å²) in [5, 5.41) is 3.38. The Morgan fingerprint density at radius 3 is 2.71 bits per heavy atom. The van der Waals surface area contributed by atoms with Crippen molar-refractivity contribution in [2.24, 2.45) is 0 Å². The summed E-state index contributed by atoms with van der Waals surface area (Å²) in [7, 11) is 1.65. The zero-order valence-corrected chi connectivity index (χ0v) is 14.5. The molecule has 0 aliphatic carbocycles. The van der Waals surface area contributed by atoms with Gasteiger partial charge in [0.1, 0.15) is 5.75 Å². The molecule has 0 saturated heterocycles. The van der Waals surface area contributed by atoms with Gasteiger partial charge in [-0.2, -0.15) is 0 Å². The summed E-state index contributed by atoms with van der Waals surface area (Å²) in [5.41, 5.74) is 2.08. The molecule has 3 rings (SSSR count). The van der Waals surface area contributed by atoms with Gasteiger partial charge in [-0.1, -0.05) is 6.07 Å². The van der Waals surface area contributed by atoms with Gasteiger partial charge in [0.15, 0.2) is 11.5 Å². The van der Waals surface area contributed by atoms with Gasteiger partial charge in [0.2, 0.25) is 6.79 Å². The Hall–Kier alpha value is -1.40. The number of halogens is 2. The molecule has 0 unspecified atom stereocenters. The fourth-order valence-electron chi connectivity index (χ4n) is 2.07. The van der Waals surface area contributed by atoms with Gasteiger partial charge in [-0.15, -0.1) is 0 Å². The Morgan fingerprint density at radius 1 is 1.10 bits per heavy atom. The quantitative estimate of drug-likeness (QED) is 0.795. The molecule has 0 radical (unpaired) electrons. The molecule has 0 aromatic heterocycles. The van der Waals surface area contributed by atoms with E-state index in [1.807, 2.05) is 30.3 Å². The summed E-state index contributed by atoms with van der Waals surface area (Å²) < 4.78 is 17.9. The van der Waals surface area contributed by atoms with Gasteiger partial charge >= 0.3 is 0 Å². The molecule has 0 fully saturated rings. The van der Waals surface area contributed by atoms with Crippen LogP contribution in [0.1, 0.15) is 5.56 Å². The molecule has 110 valence electrons. The van der Waals surface area contributed by atoms with Crippen molar-refractivity contribution in [3.63, 3.8) is 0 Å². The van der Waals surface area contributed by atoms with Crippen LogP contribution in [0.2, 0.25) is 0 Å². The second-order valence-corrected chi connectivity index (χ2v) is 6.22. The van der Waals surface area contributed by atoms with Crippen molar-refractivity contribution >= 4 is 37.5 Å². The molecule has 4 nitrogen and oxygen atoms in total. The zero-order chi connectivity index (χ0) is 14.8. The van der Waals surface area contributed by atoms with Gasteiger partial charge in [0, 0.05) is 17.1 Å². The number of anilines is 1. The minimum atomic E-state index is 0.293. The number of methoxy groups -OCH3 is 1. The van der Waals surface area contributed by atoms with Gasteiger partial charge in [-0.3, -0.25) is 0 Å². The third-order valence-corrected chi connectivity index (χ3v) is 4.44. The molecule has 1 heterocycles. The summed E-state index contributed by atoms with van der Waals surface area (Å²) in [6.45, 7) is 0.974. The van der Waals surface area contributed by atoms with Crippen LogP contribution in [0.4, 0.5) is 5.69 Å². The smallest absolute Gasteiger partial charge is 0.231 e. The minimum Gasteiger partial charge on any atom is -0.495 e. The molecule has 21 heavy (non-hydrogen) atoms. The molecule has 1 aliphatic heterocycles. The largest absolute Gasteiger partial charge is 0.495 e. The maximum atomic E-state index is 5.38. The summed E-state index contributed by atoms with van der Waals surface area (Å²) in [6.07, 6.45) is 0. The molecule has 0 saturated carbocycles. The third-order valence-electron chi connectivity index (χ3n) is 3.16. The van der Waals surface area contributed by atoms with E-state index >= 15 is 0 Å². The standard InChI is InChI=1S/C15H13Br2NO3/c1-19-14-6-12(10(16)5-11(14)17)18-7-9-2-3-13-15(4-9)21-8-20-13/h2-6,18H,7-8H2,1H3. The van der Waals surface area contributed by atoms with Gasteiger partial charge in [-0.25, -0.2) is 0 Å². The Balaban J connectivity index is 1.75. The number of ether oxygens (including phenoxy) is 3. The van der Waals surface area contributed by atoms with E-state index in [1.54, 1.807) is 7.11 Å². The monoisotopic (exact) mass is 413 g/mol. The van der Waals surface area contributed by atoms with Crippen LogP contribution in [-0.4, -0.2) is 13.9 Å². The molecule has 1 aliphatic rings. The Morgan fingerprint density at radius 2 is 1.90 bits per heavy atom. The van der Waals surface area contributed by atoms with Crippen molar-refractivity contribution in [1.29, 1.82) is 0 Å². The first-order valence-corrected chi connectivity index (χ1v) is 7.91. The third kappa shape index (κ3) is 3.11. The van der Waals surface area contributed by atoms with Gasteiger partial charge in [0.25, 0.3) is 0 Å². The summed E-state index contributed by atoms with van der Waals surface area (Å²) in [4.78, 5) is 0. The van der Waals surface area contributed by atoms with E-state index < -0.39 is 0 Å². The predicted octanol–water partition coefficient (Wildman–Crippen LogP) is 4.56. The molecule has 6 heteroatoms. The van der Waals surface area contributed by atoms with Crippen LogP contribution in [0.25, 0.3) is 0 Å². The zero-order valence-electron chi connectivity index (χ0n) is 11.3. The normalized spacial score (nSPS) is 12.3. The Kier molecular flexibility index (Phi) is 4.26. The first-order valence-electron chi connectivity index (χ1n) is 6.33. The second kappa shape index (κ2) is 6.15. The van der Waals surface area contributed by atoms with Crippen LogP contribution >= 0.6 is 31.9 Å². The lowest BCUT2D eigenvalue weighted by atomic mass is 10.2. The van der Waals surface area contributed by atoms with E-state index in [4.69, 9.17) is 14.2 Å². The van der Waals surface area contributed by atoms with Gasteiger partial charge in [0.05, 0.1) is 17.3 Å². The van der Waals surface area contributed by atoms with Gasteiger partial charge in [-0.05, 0) is 55.6 Å². The molecule has 0 atom stereocenters. The molecule has 0 bridgehead atoms. The van der Waals surface area contributed by atoms with Crippen molar-refractivity contribution in [1.82, 2.24) is 0 Å². The lowest BCUT2D eigenvalue weighted by molar-refractivity contribution is 0.174. The molecule has 2 aromatic rings. The van der Waals surface area contributed by atoms with E-state index in [0.29, 0.717) is 13.3 Å². The van der Waals surface area contributed by atoms with Crippen molar-refractivity contribution in [3.05, 3.63) is 44.8 Å². The molecular weight excluding hydrogens is 402 g/mol. The lowest BCUT2D eigenvalue weighted by Crippen LogP contribution is -2.01. The van der Waals surface area contributed by atoms with Crippen LogP contribution in [-0.2, 0) is 6.54 Å². The average molecular weight is 415 g/mol. The maximum absolute atomic E-state index is 5.38.